The molecule has 1 aliphatic carbocycles. The van der Waals surface area contributed by atoms with Gasteiger partial charge in [-0.25, -0.2) is 4.98 Å². The number of aromatic nitrogens is 1. The monoisotopic (exact) mass is 254 g/mol. The molecule has 2 rings (SSSR count). The van der Waals surface area contributed by atoms with Crippen LogP contribution in [0.2, 0.25) is 0 Å². The number of methoxy groups -OCH3 is 1. The second-order valence-electron chi connectivity index (χ2n) is 5.46. The molecular formula is C13H22N2OS. The number of aryl methyl sites for hydroxylation is 2. The number of nitrogens with zero attached hydrogens (tertiary/aromatic N) is 1. The minimum atomic E-state index is 0.238. The summed E-state index contributed by atoms with van der Waals surface area (Å²) in [6.07, 6.45) is 1.50. The summed E-state index contributed by atoms with van der Waals surface area (Å²) in [5, 5.41) is 4.79. The second-order valence-corrected chi connectivity index (χ2v) is 6.74. The minimum Gasteiger partial charge on any atom is -0.381 e. The summed E-state index contributed by atoms with van der Waals surface area (Å²) in [5.41, 5.74) is 1.41. The number of rotatable bonds is 4. The van der Waals surface area contributed by atoms with E-state index >= 15 is 0 Å². The Balaban J connectivity index is 1.90. The molecule has 0 saturated heterocycles. The third-order valence-corrected chi connectivity index (χ3v) is 5.04. The second kappa shape index (κ2) is 4.67. The van der Waals surface area contributed by atoms with Crippen LogP contribution in [0.15, 0.2) is 0 Å². The molecule has 0 aromatic carbocycles. The highest BCUT2D eigenvalue weighted by Gasteiger charge is 2.48. The Morgan fingerprint density at radius 3 is 2.65 bits per heavy atom. The lowest BCUT2D eigenvalue weighted by atomic mass is 9.64. The van der Waals surface area contributed by atoms with Crippen LogP contribution in [0.4, 0.5) is 0 Å². The van der Waals surface area contributed by atoms with Gasteiger partial charge in [0, 0.05) is 30.0 Å². The van der Waals surface area contributed by atoms with Crippen LogP contribution in [-0.2, 0) is 11.3 Å². The molecule has 4 heteroatoms. The summed E-state index contributed by atoms with van der Waals surface area (Å²) in [4.78, 5) is 5.81. The molecule has 1 saturated carbocycles. The molecule has 1 N–H and O–H groups in total. The minimum absolute atomic E-state index is 0.238. The molecular weight excluding hydrogens is 232 g/mol. The van der Waals surface area contributed by atoms with E-state index in [9.17, 15) is 0 Å². The topological polar surface area (TPSA) is 34.1 Å². The van der Waals surface area contributed by atoms with Crippen molar-refractivity contribution >= 4 is 11.3 Å². The fourth-order valence-corrected chi connectivity index (χ4v) is 3.47. The average molecular weight is 254 g/mol. The van der Waals surface area contributed by atoms with Gasteiger partial charge in [-0.15, -0.1) is 11.3 Å². The van der Waals surface area contributed by atoms with E-state index in [1.165, 1.54) is 10.6 Å². The Morgan fingerprint density at radius 1 is 1.47 bits per heavy atom. The quantitative estimate of drug-likeness (QED) is 0.897. The first kappa shape index (κ1) is 13.0. The van der Waals surface area contributed by atoms with Gasteiger partial charge in [-0.3, -0.25) is 0 Å². The lowest BCUT2D eigenvalue weighted by Gasteiger charge is -2.51. The first-order valence-corrected chi connectivity index (χ1v) is 6.96. The van der Waals surface area contributed by atoms with E-state index < -0.39 is 0 Å². The van der Waals surface area contributed by atoms with Crippen molar-refractivity contribution in [2.45, 2.75) is 52.8 Å². The van der Waals surface area contributed by atoms with Gasteiger partial charge in [0.15, 0.2) is 0 Å². The summed E-state index contributed by atoms with van der Waals surface area (Å²) in [7, 11) is 1.80. The highest BCUT2D eigenvalue weighted by molar-refractivity contribution is 7.11. The van der Waals surface area contributed by atoms with Crippen molar-refractivity contribution in [3.05, 3.63) is 15.6 Å². The first-order chi connectivity index (χ1) is 7.95. The highest BCUT2D eigenvalue weighted by atomic mass is 32.1. The van der Waals surface area contributed by atoms with Crippen LogP contribution in [0.3, 0.4) is 0 Å². The molecule has 0 radical (unpaired) electrons. The lowest BCUT2D eigenvalue weighted by molar-refractivity contribution is -0.0978. The number of hydrogen-bond acceptors (Lipinski definition) is 4. The zero-order chi connectivity index (χ0) is 12.6. The Kier molecular flexibility index (Phi) is 3.57. The molecule has 1 aliphatic rings. The van der Waals surface area contributed by atoms with E-state index in [0.29, 0.717) is 12.1 Å². The third kappa shape index (κ3) is 2.39. The maximum atomic E-state index is 5.46. The molecule has 1 fully saturated rings. The summed E-state index contributed by atoms with van der Waals surface area (Å²) in [6.45, 7) is 9.63. The van der Waals surface area contributed by atoms with E-state index in [1.54, 1.807) is 18.4 Å². The molecule has 0 spiro atoms. The SMILES string of the molecule is COC1CC(NCc2sc(C)nc2C)C1(C)C. The van der Waals surface area contributed by atoms with E-state index in [0.717, 1.165) is 18.0 Å². The fraction of sp³-hybridized carbons (Fsp3) is 0.769. The predicted molar refractivity (Wildman–Crippen MR) is 71.4 cm³/mol. The zero-order valence-electron chi connectivity index (χ0n) is 11.3. The van der Waals surface area contributed by atoms with Crippen molar-refractivity contribution in [3.8, 4) is 0 Å². The van der Waals surface area contributed by atoms with Gasteiger partial charge in [-0.2, -0.15) is 0 Å². The fourth-order valence-electron chi connectivity index (χ4n) is 2.59. The molecule has 0 aliphatic heterocycles. The first-order valence-electron chi connectivity index (χ1n) is 6.14. The molecule has 1 aromatic heterocycles. The summed E-state index contributed by atoms with van der Waals surface area (Å²) in [5.74, 6) is 0. The van der Waals surface area contributed by atoms with Crippen LogP contribution < -0.4 is 5.32 Å². The number of hydrogen-bond donors (Lipinski definition) is 1. The smallest absolute Gasteiger partial charge is 0.0900 e. The molecule has 3 nitrogen and oxygen atoms in total. The summed E-state index contributed by atoms with van der Waals surface area (Å²) < 4.78 is 5.46. The number of thiazole rings is 1. The van der Waals surface area contributed by atoms with E-state index in [-0.39, 0.29) is 5.41 Å². The van der Waals surface area contributed by atoms with Gasteiger partial charge in [0.1, 0.15) is 0 Å². The van der Waals surface area contributed by atoms with Gasteiger partial charge in [0.2, 0.25) is 0 Å². The molecule has 1 aromatic rings. The summed E-state index contributed by atoms with van der Waals surface area (Å²) >= 11 is 1.79. The van der Waals surface area contributed by atoms with Crippen molar-refractivity contribution in [1.82, 2.24) is 10.3 Å². The van der Waals surface area contributed by atoms with Crippen molar-refractivity contribution in [3.63, 3.8) is 0 Å². The molecule has 1 heterocycles. The van der Waals surface area contributed by atoms with Crippen LogP contribution >= 0.6 is 11.3 Å². The molecule has 0 bridgehead atoms. The Labute approximate surface area is 108 Å². The van der Waals surface area contributed by atoms with Gasteiger partial charge < -0.3 is 10.1 Å². The predicted octanol–water partition coefficient (Wildman–Crippen LogP) is 2.66. The van der Waals surface area contributed by atoms with Crippen molar-refractivity contribution in [1.29, 1.82) is 0 Å². The van der Waals surface area contributed by atoms with Crippen molar-refractivity contribution in [2.24, 2.45) is 5.41 Å². The standard InChI is InChI=1S/C13H22N2OS/c1-8-10(17-9(2)15-8)7-14-11-6-12(16-5)13(11,3)4/h11-12,14H,6-7H2,1-5H3. The van der Waals surface area contributed by atoms with Gasteiger partial charge in [-0.1, -0.05) is 13.8 Å². The number of ether oxygens (including phenoxy) is 1. The number of nitrogens with one attached hydrogen (secondary N) is 1. The van der Waals surface area contributed by atoms with Crippen LogP contribution in [0, 0.1) is 19.3 Å². The van der Waals surface area contributed by atoms with Crippen molar-refractivity contribution in [2.75, 3.05) is 7.11 Å². The molecule has 2 atom stereocenters. The van der Waals surface area contributed by atoms with E-state index in [1.807, 2.05) is 0 Å². The normalized spacial score (nSPS) is 26.9. The van der Waals surface area contributed by atoms with Gasteiger partial charge in [-0.05, 0) is 20.3 Å². The van der Waals surface area contributed by atoms with Gasteiger partial charge >= 0.3 is 0 Å². The van der Waals surface area contributed by atoms with Crippen molar-refractivity contribution < 1.29 is 4.74 Å². The highest BCUT2D eigenvalue weighted by Crippen LogP contribution is 2.42. The Hall–Kier alpha value is -0.450. The van der Waals surface area contributed by atoms with Gasteiger partial charge in [0.25, 0.3) is 0 Å². The summed E-state index contributed by atoms with van der Waals surface area (Å²) in [6, 6.07) is 0.550. The van der Waals surface area contributed by atoms with Gasteiger partial charge in [0.05, 0.1) is 16.8 Å². The molecule has 17 heavy (non-hydrogen) atoms. The van der Waals surface area contributed by atoms with Crippen LogP contribution in [0.25, 0.3) is 0 Å². The molecule has 2 unspecified atom stereocenters. The molecule has 0 amide bonds. The molecule has 96 valence electrons. The van der Waals surface area contributed by atoms with E-state index in [4.69, 9.17) is 4.74 Å². The maximum Gasteiger partial charge on any atom is 0.0900 e. The average Bonchev–Trinajstić information content (AvgIpc) is 2.56. The Morgan fingerprint density at radius 2 is 2.18 bits per heavy atom. The Bertz CT molecular complexity index is 400. The largest absolute Gasteiger partial charge is 0.381 e. The third-order valence-electron chi connectivity index (χ3n) is 3.97. The van der Waals surface area contributed by atoms with Crippen LogP contribution in [0.1, 0.15) is 35.8 Å². The maximum absolute atomic E-state index is 5.46. The lowest BCUT2D eigenvalue weighted by Crippen LogP contribution is -2.60. The van der Waals surface area contributed by atoms with Crippen LogP contribution in [-0.4, -0.2) is 24.2 Å². The zero-order valence-corrected chi connectivity index (χ0v) is 12.1. The van der Waals surface area contributed by atoms with E-state index in [2.05, 4.69) is 38.0 Å². The van der Waals surface area contributed by atoms with Crippen LogP contribution in [0.5, 0.6) is 0 Å².